The summed E-state index contributed by atoms with van der Waals surface area (Å²) in [5, 5.41) is 3.16. The molecule has 0 bridgehead atoms. The number of nitrogens with one attached hydrogen (secondary N) is 1. The third-order valence-corrected chi connectivity index (χ3v) is 7.40. The number of hydrogen-bond acceptors (Lipinski definition) is 4. The summed E-state index contributed by atoms with van der Waals surface area (Å²) >= 11 is 0. The Hall–Kier alpha value is -4.06. The molecule has 3 aromatic rings. The van der Waals surface area contributed by atoms with Crippen molar-refractivity contribution >= 4 is 11.8 Å². The molecule has 0 aromatic heterocycles. The van der Waals surface area contributed by atoms with E-state index in [0.29, 0.717) is 31.0 Å². The molecule has 0 fully saturated rings. The van der Waals surface area contributed by atoms with E-state index >= 15 is 0 Å². The summed E-state index contributed by atoms with van der Waals surface area (Å²) in [6.07, 6.45) is 8.41. The second kappa shape index (κ2) is 14.9. The highest BCUT2D eigenvalue weighted by molar-refractivity contribution is 5.89. The third kappa shape index (κ3) is 8.22. The van der Waals surface area contributed by atoms with Crippen molar-refractivity contribution in [3.63, 3.8) is 0 Å². The normalized spacial score (nSPS) is 13.6. The molecule has 0 saturated heterocycles. The number of allylic oxidation sites excluding steroid dienone is 1. The molecule has 210 valence electrons. The predicted octanol–water partition coefficient (Wildman–Crippen LogP) is 5.89. The first-order chi connectivity index (χ1) is 19.6. The Morgan fingerprint density at radius 2 is 1.55 bits per heavy atom. The first kappa shape index (κ1) is 28.9. The Labute approximate surface area is 238 Å². The maximum atomic E-state index is 14.0. The molecule has 1 N–H and O–H groups in total. The summed E-state index contributed by atoms with van der Waals surface area (Å²) in [6.45, 7) is 0.905. The summed E-state index contributed by atoms with van der Waals surface area (Å²) in [4.78, 5) is 29.5. The molecule has 0 spiro atoms. The van der Waals surface area contributed by atoms with Crippen molar-refractivity contribution in [2.24, 2.45) is 0 Å². The summed E-state index contributed by atoms with van der Waals surface area (Å²) in [7, 11) is 3.16. The van der Waals surface area contributed by atoms with Crippen LogP contribution in [0.3, 0.4) is 0 Å². The van der Waals surface area contributed by atoms with Crippen LogP contribution in [0.2, 0.25) is 0 Å². The largest absolute Gasteiger partial charge is 0.493 e. The molecule has 0 saturated carbocycles. The van der Waals surface area contributed by atoms with Crippen molar-refractivity contribution in [1.82, 2.24) is 10.2 Å². The van der Waals surface area contributed by atoms with E-state index in [9.17, 15) is 9.59 Å². The highest BCUT2D eigenvalue weighted by Crippen LogP contribution is 2.28. The van der Waals surface area contributed by atoms with E-state index in [-0.39, 0.29) is 18.2 Å². The lowest BCUT2D eigenvalue weighted by atomic mass is 9.97. The Morgan fingerprint density at radius 3 is 2.20 bits per heavy atom. The van der Waals surface area contributed by atoms with Gasteiger partial charge in [-0.15, -0.1) is 0 Å². The molecular weight excluding hydrogens is 500 g/mol. The van der Waals surface area contributed by atoms with Crippen molar-refractivity contribution in [3.8, 4) is 11.5 Å². The minimum absolute atomic E-state index is 0.123. The van der Waals surface area contributed by atoms with Crippen molar-refractivity contribution in [2.75, 3.05) is 20.8 Å². The van der Waals surface area contributed by atoms with Crippen LogP contribution in [0.1, 0.15) is 48.8 Å². The summed E-state index contributed by atoms with van der Waals surface area (Å²) in [5.41, 5.74) is 4.19. The Morgan fingerprint density at radius 1 is 0.850 bits per heavy atom. The number of methoxy groups -OCH3 is 2. The second-order valence-corrected chi connectivity index (χ2v) is 10.2. The smallest absolute Gasteiger partial charge is 0.243 e. The van der Waals surface area contributed by atoms with E-state index < -0.39 is 6.04 Å². The standard InChI is InChI=1S/C34H40N2O4/c1-39-31-19-18-29(23-32(31)40-2)24-33(37)36(25-28-16-10-5-11-17-28)30(22-27-14-8-4-9-15-27)34(38)35-21-20-26-12-6-3-7-13-26/h4-5,8-12,14-19,23,30H,3,6-7,13,20-22,24-25H2,1-2H3,(H,35,38). The number of hydrogen-bond donors (Lipinski definition) is 1. The average molecular weight is 541 g/mol. The first-order valence-corrected chi connectivity index (χ1v) is 14.1. The van der Waals surface area contributed by atoms with Crippen LogP contribution in [0.4, 0.5) is 0 Å². The summed E-state index contributed by atoms with van der Waals surface area (Å²) < 4.78 is 10.8. The van der Waals surface area contributed by atoms with Gasteiger partial charge >= 0.3 is 0 Å². The van der Waals surface area contributed by atoms with E-state index in [4.69, 9.17) is 9.47 Å². The van der Waals surface area contributed by atoms with Crippen molar-refractivity contribution < 1.29 is 19.1 Å². The van der Waals surface area contributed by atoms with Gasteiger partial charge in [0.05, 0.1) is 20.6 Å². The minimum Gasteiger partial charge on any atom is -0.493 e. The average Bonchev–Trinajstić information content (AvgIpc) is 3.00. The number of amides is 2. The zero-order valence-corrected chi connectivity index (χ0v) is 23.6. The van der Waals surface area contributed by atoms with Crippen LogP contribution in [-0.4, -0.2) is 43.5 Å². The number of carbonyl (C=O) groups is 2. The topological polar surface area (TPSA) is 67.9 Å². The van der Waals surface area contributed by atoms with E-state index in [1.165, 1.54) is 18.4 Å². The number of benzene rings is 3. The van der Waals surface area contributed by atoms with Gasteiger partial charge in [0.2, 0.25) is 11.8 Å². The number of nitrogens with zero attached hydrogens (tertiary/aromatic N) is 1. The van der Waals surface area contributed by atoms with Gasteiger partial charge in [0.15, 0.2) is 11.5 Å². The van der Waals surface area contributed by atoms with E-state index in [1.54, 1.807) is 25.2 Å². The SMILES string of the molecule is COc1ccc(CC(=O)N(Cc2ccccc2)C(Cc2ccccc2)C(=O)NCCC2=CCCCC2)cc1OC. The molecule has 0 radical (unpaired) electrons. The van der Waals surface area contributed by atoms with Gasteiger partial charge in [-0.1, -0.05) is 78.4 Å². The van der Waals surface area contributed by atoms with Gasteiger partial charge in [-0.3, -0.25) is 9.59 Å². The van der Waals surface area contributed by atoms with Crippen LogP contribution in [0.5, 0.6) is 11.5 Å². The molecule has 1 unspecified atom stereocenters. The monoisotopic (exact) mass is 540 g/mol. The molecule has 6 nitrogen and oxygen atoms in total. The Balaban J connectivity index is 1.59. The minimum atomic E-state index is -0.657. The third-order valence-electron chi connectivity index (χ3n) is 7.40. The van der Waals surface area contributed by atoms with Gasteiger partial charge in [-0.05, 0) is 60.9 Å². The fourth-order valence-electron chi connectivity index (χ4n) is 5.20. The van der Waals surface area contributed by atoms with Crippen LogP contribution < -0.4 is 14.8 Å². The van der Waals surface area contributed by atoms with Crippen molar-refractivity contribution in [3.05, 3.63) is 107 Å². The number of carbonyl (C=O) groups excluding carboxylic acids is 2. The summed E-state index contributed by atoms with van der Waals surface area (Å²) in [6, 6.07) is 24.6. The highest BCUT2D eigenvalue weighted by atomic mass is 16.5. The lowest BCUT2D eigenvalue weighted by molar-refractivity contribution is -0.140. The zero-order valence-electron chi connectivity index (χ0n) is 23.6. The maximum Gasteiger partial charge on any atom is 0.243 e. The zero-order chi connectivity index (χ0) is 28.2. The molecular formula is C34H40N2O4. The van der Waals surface area contributed by atoms with Gasteiger partial charge in [-0.2, -0.15) is 0 Å². The lowest BCUT2D eigenvalue weighted by Gasteiger charge is -2.32. The van der Waals surface area contributed by atoms with Gasteiger partial charge in [0, 0.05) is 19.5 Å². The van der Waals surface area contributed by atoms with E-state index in [0.717, 1.165) is 36.0 Å². The lowest BCUT2D eigenvalue weighted by Crippen LogP contribution is -2.51. The van der Waals surface area contributed by atoms with E-state index in [2.05, 4.69) is 11.4 Å². The molecule has 1 aliphatic rings. The molecule has 0 aliphatic heterocycles. The van der Waals surface area contributed by atoms with Crippen LogP contribution in [0, 0.1) is 0 Å². The summed E-state index contributed by atoms with van der Waals surface area (Å²) in [5.74, 6) is 0.922. The highest BCUT2D eigenvalue weighted by Gasteiger charge is 2.30. The molecule has 2 amide bonds. The molecule has 1 aliphatic carbocycles. The number of ether oxygens (including phenoxy) is 2. The van der Waals surface area contributed by atoms with Crippen molar-refractivity contribution in [2.45, 2.75) is 57.5 Å². The van der Waals surface area contributed by atoms with Crippen molar-refractivity contribution in [1.29, 1.82) is 0 Å². The van der Waals surface area contributed by atoms with Gasteiger partial charge in [0.1, 0.15) is 6.04 Å². The van der Waals surface area contributed by atoms with Gasteiger partial charge in [0.25, 0.3) is 0 Å². The predicted molar refractivity (Wildman–Crippen MR) is 158 cm³/mol. The Kier molecular flexibility index (Phi) is 10.8. The molecule has 1 atom stereocenters. The fraction of sp³-hybridized carbons (Fsp3) is 0.353. The molecule has 4 rings (SSSR count). The second-order valence-electron chi connectivity index (χ2n) is 10.2. The fourth-order valence-corrected chi connectivity index (χ4v) is 5.20. The molecule has 40 heavy (non-hydrogen) atoms. The first-order valence-electron chi connectivity index (χ1n) is 14.1. The quantitative estimate of drug-likeness (QED) is 0.275. The molecule has 0 heterocycles. The van der Waals surface area contributed by atoms with Gasteiger partial charge < -0.3 is 19.7 Å². The molecule has 3 aromatic carbocycles. The van der Waals surface area contributed by atoms with Gasteiger partial charge in [-0.25, -0.2) is 0 Å². The van der Waals surface area contributed by atoms with Crippen LogP contribution in [0.25, 0.3) is 0 Å². The number of rotatable bonds is 13. The maximum absolute atomic E-state index is 14.0. The van der Waals surface area contributed by atoms with Crippen LogP contribution in [-0.2, 0) is 29.0 Å². The van der Waals surface area contributed by atoms with E-state index in [1.807, 2.05) is 72.8 Å². The Bertz CT molecular complexity index is 1270. The molecule has 6 heteroatoms. The van der Waals surface area contributed by atoms with Crippen LogP contribution >= 0.6 is 0 Å². The van der Waals surface area contributed by atoms with Crippen LogP contribution in [0.15, 0.2) is 90.5 Å².